The highest BCUT2D eigenvalue weighted by atomic mass is 19.4. The molecular weight excluding hydrogens is 369 g/mol. The fourth-order valence-electron chi connectivity index (χ4n) is 3.87. The van der Waals surface area contributed by atoms with E-state index in [1.807, 2.05) is 40.1 Å². The Hall–Kier alpha value is -2.61. The van der Waals surface area contributed by atoms with Gasteiger partial charge in [0.25, 0.3) is 0 Å². The molecule has 1 amide bonds. The number of carbonyl (C=O) groups excluding carboxylic acids is 1. The number of para-hydroxylation sites is 1. The summed E-state index contributed by atoms with van der Waals surface area (Å²) in [4.78, 5) is 22.8. The van der Waals surface area contributed by atoms with Crippen molar-refractivity contribution < 1.29 is 18.0 Å². The van der Waals surface area contributed by atoms with Gasteiger partial charge in [0.15, 0.2) is 0 Å². The smallest absolute Gasteiger partial charge is 0.354 e. The van der Waals surface area contributed by atoms with Crippen LogP contribution in [0.1, 0.15) is 12.0 Å². The summed E-state index contributed by atoms with van der Waals surface area (Å²) in [5, 5.41) is 0. The molecule has 0 N–H and O–H groups in total. The monoisotopic (exact) mass is 390 g/mol. The predicted molar refractivity (Wildman–Crippen MR) is 100 cm³/mol. The van der Waals surface area contributed by atoms with Gasteiger partial charge in [0.1, 0.15) is 5.82 Å². The molecule has 1 atom stereocenters. The molecule has 1 aromatic heterocycles. The van der Waals surface area contributed by atoms with Gasteiger partial charge < -0.3 is 9.80 Å². The van der Waals surface area contributed by atoms with Crippen molar-refractivity contribution in [1.82, 2.24) is 9.88 Å². The van der Waals surface area contributed by atoms with Gasteiger partial charge in [0.05, 0.1) is 11.6 Å². The number of nitrogens with zero attached hydrogens (tertiary/aromatic N) is 4. The Bertz CT molecular complexity index is 818. The van der Waals surface area contributed by atoms with Crippen molar-refractivity contribution in [1.29, 1.82) is 0 Å². The minimum Gasteiger partial charge on any atom is -0.354 e. The van der Waals surface area contributed by atoms with Gasteiger partial charge in [-0.05, 0) is 30.7 Å². The highest BCUT2D eigenvalue weighted by molar-refractivity contribution is 5.99. The molecule has 148 valence electrons. The van der Waals surface area contributed by atoms with Crippen LogP contribution in [-0.2, 0) is 11.0 Å². The number of pyridine rings is 1. The summed E-state index contributed by atoms with van der Waals surface area (Å²) in [5.41, 5.74) is 0.176. The van der Waals surface area contributed by atoms with Crippen molar-refractivity contribution >= 4 is 17.4 Å². The Balaban J connectivity index is 1.36. The lowest BCUT2D eigenvalue weighted by atomic mass is 10.1. The molecule has 1 unspecified atom stereocenters. The summed E-state index contributed by atoms with van der Waals surface area (Å²) in [7, 11) is 0. The van der Waals surface area contributed by atoms with Crippen LogP contribution in [0.15, 0.2) is 48.7 Å². The van der Waals surface area contributed by atoms with Crippen LogP contribution >= 0.6 is 0 Å². The van der Waals surface area contributed by atoms with Crippen LogP contribution in [0.2, 0.25) is 0 Å². The van der Waals surface area contributed by atoms with Gasteiger partial charge in [-0.3, -0.25) is 9.69 Å². The summed E-state index contributed by atoms with van der Waals surface area (Å²) in [6.45, 7) is 3.33. The van der Waals surface area contributed by atoms with Crippen LogP contribution in [-0.4, -0.2) is 54.6 Å². The van der Waals surface area contributed by atoms with Crippen molar-refractivity contribution in [2.75, 3.05) is 42.5 Å². The van der Waals surface area contributed by atoms with Gasteiger partial charge in [-0.2, -0.15) is 13.2 Å². The van der Waals surface area contributed by atoms with Crippen LogP contribution in [0.3, 0.4) is 0 Å². The number of amides is 1. The second-order valence-electron chi connectivity index (χ2n) is 7.06. The van der Waals surface area contributed by atoms with E-state index in [0.717, 1.165) is 24.4 Å². The Labute approximate surface area is 161 Å². The molecule has 4 rings (SSSR count). The van der Waals surface area contributed by atoms with Crippen LogP contribution in [0.25, 0.3) is 0 Å². The minimum atomic E-state index is -4.38. The number of rotatable bonds is 3. The van der Waals surface area contributed by atoms with E-state index < -0.39 is 11.7 Å². The van der Waals surface area contributed by atoms with Gasteiger partial charge in [0, 0.05) is 44.6 Å². The van der Waals surface area contributed by atoms with Gasteiger partial charge in [0.2, 0.25) is 5.91 Å². The summed E-state index contributed by atoms with van der Waals surface area (Å²) < 4.78 is 38.0. The zero-order valence-corrected chi connectivity index (χ0v) is 15.3. The highest BCUT2D eigenvalue weighted by Crippen LogP contribution is 2.30. The lowest BCUT2D eigenvalue weighted by molar-refractivity contribution is -0.137. The third kappa shape index (κ3) is 3.69. The molecule has 28 heavy (non-hydrogen) atoms. The van der Waals surface area contributed by atoms with E-state index in [4.69, 9.17) is 0 Å². The Morgan fingerprint density at radius 2 is 1.64 bits per heavy atom. The molecule has 0 saturated carbocycles. The summed E-state index contributed by atoms with van der Waals surface area (Å²) >= 11 is 0. The molecule has 2 saturated heterocycles. The first-order valence-corrected chi connectivity index (χ1v) is 9.32. The molecule has 0 aliphatic carbocycles. The number of anilines is 2. The molecular formula is C20H21F3N4O. The van der Waals surface area contributed by atoms with E-state index in [-0.39, 0.29) is 11.9 Å². The number of halogens is 3. The predicted octanol–water partition coefficient (Wildman–Crippen LogP) is 3.03. The second-order valence-corrected chi connectivity index (χ2v) is 7.06. The van der Waals surface area contributed by atoms with Crippen molar-refractivity contribution in [3.8, 4) is 0 Å². The first-order valence-electron chi connectivity index (χ1n) is 9.32. The van der Waals surface area contributed by atoms with Crippen LogP contribution in [0.5, 0.6) is 0 Å². The second kappa shape index (κ2) is 7.43. The summed E-state index contributed by atoms with van der Waals surface area (Å²) in [5.74, 6) is 0.656. The zero-order chi connectivity index (χ0) is 19.7. The van der Waals surface area contributed by atoms with Gasteiger partial charge in [-0.1, -0.05) is 18.2 Å². The topological polar surface area (TPSA) is 39.7 Å². The molecule has 0 bridgehead atoms. The molecule has 3 heterocycles. The molecule has 5 nitrogen and oxygen atoms in total. The minimum absolute atomic E-state index is 0.118. The third-order valence-corrected chi connectivity index (χ3v) is 5.40. The third-order valence-electron chi connectivity index (χ3n) is 5.40. The molecule has 2 aliphatic rings. The lowest BCUT2D eigenvalue weighted by Gasteiger charge is -2.37. The number of piperazine rings is 1. The Morgan fingerprint density at radius 1 is 0.929 bits per heavy atom. The van der Waals surface area contributed by atoms with Crippen LogP contribution in [0, 0.1) is 0 Å². The van der Waals surface area contributed by atoms with E-state index in [9.17, 15) is 18.0 Å². The molecule has 8 heteroatoms. The van der Waals surface area contributed by atoms with Gasteiger partial charge >= 0.3 is 6.18 Å². The number of aromatic nitrogens is 1. The van der Waals surface area contributed by atoms with Crippen LogP contribution < -0.4 is 9.80 Å². The number of hydrogen-bond acceptors (Lipinski definition) is 4. The van der Waals surface area contributed by atoms with Gasteiger partial charge in [-0.15, -0.1) is 0 Å². The van der Waals surface area contributed by atoms with E-state index in [2.05, 4.69) is 9.88 Å². The van der Waals surface area contributed by atoms with Gasteiger partial charge in [-0.25, -0.2) is 4.98 Å². The largest absolute Gasteiger partial charge is 0.417 e. The maximum Gasteiger partial charge on any atom is 0.417 e. The van der Waals surface area contributed by atoms with E-state index in [1.165, 1.54) is 6.07 Å². The van der Waals surface area contributed by atoms with Crippen molar-refractivity contribution in [3.05, 3.63) is 54.2 Å². The quantitative estimate of drug-likeness (QED) is 0.808. The van der Waals surface area contributed by atoms with Crippen molar-refractivity contribution in [2.45, 2.75) is 18.6 Å². The number of carbonyl (C=O) groups is 1. The first kappa shape index (κ1) is 18.7. The van der Waals surface area contributed by atoms with Crippen molar-refractivity contribution in [3.63, 3.8) is 0 Å². The summed E-state index contributed by atoms with van der Waals surface area (Å²) in [6, 6.07) is 12.0. The van der Waals surface area contributed by atoms with E-state index in [1.54, 1.807) is 0 Å². The molecule has 2 aliphatic heterocycles. The first-order chi connectivity index (χ1) is 13.4. The Kier molecular flexibility index (Phi) is 4.97. The van der Waals surface area contributed by atoms with E-state index in [0.29, 0.717) is 38.5 Å². The molecule has 0 radical (unpaired) electrons. The average molecular weight is 390 g/mol. The molecule has 0 spiro atoms. The number of alkyl halides is 3. The molecule has 2 fully saturated rings. The fraction of sp³-hybridized carbons (Fsp3) is 0.400. The molecule has 2 aromatic rings. The standard InChI is InChI=1S/C20H21F3N4O/c21-20(22,23)15-6-7-18(24-14-15)26-12-10-25(11-13-26)17-8-9-27(19(17)28)16-4-2-1-3-5-16/h1-7,14,17H,8-13H2. The SMILES string of the molecule is O=C1C(N2CCN(c3ccc(C(F)(F)F)cn3)CC2)CCN1c1ccccc1. The highest BCUT2D eigenvalue weighted by Gasteiger charge is 2.38. The lowest BCUT2D eigenvalue weighted by Crippen LogP contribution is -2.52. The zero-order valence-electron chi connectivity index (χ0n) is 15.3. The average Bonchev–Trinajstić information content (AvgIpc) is 3.09. The number of benzene rings is 1. The normalized spacial score (nSPS) is 21.4. The van der Waals surface area contributed by atoms with Crippen LogP contribution in [0.4, 0.5) is 24.7 Å². The maximum absolute atomic E-state index is 12.8. The maximum atomic E-state index is 12.8. The summed E-state index contributed by atoms with van der Waals surface area (Å²) in [6.07, 6.45) is -2.72. The molecule has 1 aromatic carbocycles. The fourth-order valence-corrected chi connectivity index (χ4v) is 3.87. The number of hydrogen-bond donors (Lipinski definition) is 0. The van der Waals surface area contributed by atoms with Crippen molar-refractivity contribution in [2.24, 2.45) is 0 Å². The van der Waals surface area contributed by atoms with E-state index >= 15 is 0 Å². The Morgan fingerprint density at radius 3 is 2.25 bits per heavy atom.